The molecule has 0 radical (unpaired) electrons. The summed E-state index contributed by atoms with van der Waals surface area (Å²) in [6.45, 7) is 1.59. The van der Waals surface area contributed by atoms with Gasteiger partial charge in [0.25, 0.3) is 11.8 Å². The molecule has 1 heterocycles. The van der Waals surface area contributed by atoms with E-state index in [1.807, 2.05) is 0 Å². The van der Waals surface area contributed by atoms with E-state index in [4.69, 9.17) is 9.47 Å². The van der Waals surface area contributed by atoms with Gasteiger partial charge in [-0.05, 0) is 67.5 Å². The van der Waals surface area contributed by atoms with Gasteiger partial charge in [-0.1, -0.05) is 25.1 Å². The second-order valence-corrected chi connectivity index (χ2v) is 8.89. The van der Waals surface area contributed by atoms with Crippen LogP contribution in [0.2, 0.25) is 0 Å². The lowest BCUT2D eigenvalue weighted by molar-refractivity contribution is -0.141. The third-order valence-corrected chi connectivity index (χ3v) is 6.25. The van der Waals surface area contributed by atoms with Crippen molar-refractivity contribution in [2.45, 2.75) is 44.8 Å². The van der Waals surface area contributed by atoms with E-state index in [9.17, 15) is 23.6 Å². The second kappa shape index (κ2) is 10.1. The van der Waals surface area contributed by atoms with Crippen molar-refractivity contribution in [2.24, 2.45) is 5.92 Å². The van der Waals surface area contributed by atoms with Crippen LogP contribution in [0.4, 0.5) is 9.18 Å². The maximum atomic E-state index is 13.0. The van der Waals surface area contributed by atoms with Gasteiger partial charge in [-0.2, -0.15) is 5.01 Å². The summed E-state index contributed by atoms with van der Waals surface area (Å²) in [5.74, 6) is -1.57. The van der Waals surface area contributed by atoms with Gasteiger partial charge >= 0.3 is 12.0 Å². The number of urea groups is 1. The van der Waals surface area contributed by atoms with E-state index in [2.05, 4.69) is 17.7 Å². The number of benzene rings is 2. The van der Waals surface area contributed by atoms with Gasteiger partial charge in [0.15, 0.2) is 6.61 Å². The topological polar surface area (TPSA) is 114 Å². The van der Waals surface area contributed by atoms with Gasteiger partial charge in [0.2, 0.25) is 0 Å². The molecule has 9 nitrogen and oxygen atoms in total. The van der Waals surface area contributed by atoms with Crippen LogP contribution in [-0.2, 0) is 20.9 Å². The van der Waals surface area contributed by atoms with Crippen LogP contribution >= 0.6 is 0 Å². The fourth-order valence-electron chi connectivity index (χ4n) is 4.15. The number of hydrogen-bond acceptors (Lipinski definition) is 6. The lowest BCUT2D eigenvalue weighted by Gasteiger charge is -2.33. The van der Waals surface area contributed by atoms with Crippen molar-refractivity contribution >= 4 is 23.8 Å². The Morgan fingerprint density at radius 3 is 2.57 bits per heavy atom. The molecular formula is C25H26FN3O6. The monoisotopic (exact) mass is 483 g/mol. The predicted molar refractivity (Wildman–Crippen MR) is 121 cm³/mol. The summed E-state index contributed by atoms with van der Waals surface area (Å²) >= 11 is 0. The van der Waals surface area contributed by atoms with Gasteiger partial charge in [0.05, 0.1) is 5.56 Å². The van der Waals surface area contributed by atoms with Gasteiger partial charge in [0, 0.05) is 0 Å². The Morgan fingerprint density at radius 2 is 1.86 bits per heavy atom. The zero-order valence-electron chi connectivity index (χ0n) is 19.2. The standard InChI is InChI=1S/C25H26FN3O6/c1-16-9-11-25(12-10-16)23(32)29(24(33)27-25)28-21(30)15-35-22(31)18-3-2-4-20(13-18)34-14-17-5-7-19(26)8-6-17/h2-8,13,16H,9-12,14-15H2,1H3,(H,27,33)(H,28,30). The van der Waals surface area contributed by atoms with E-state index < -0.39 is 36.0 Å². The van der Waals surface area contributed by atoms with Crippen LogP contribution in [0.5, 0.6) is 5.75 Å². The molecule has 1 spiro atoms. The summed E-state index contributed by atoms with van der Waals surface area (Å²) in [5.41, 5.74) is 2.15. The first-order valence-electron chi connectivity index (χ1n) is 11.4. The zero-order chi connectivity index (χ0) is 25.0. The molecule has 2 fully saturated rings. The highest BCUT2D eigenvalue weighted by Gasteiger charge is 2.52. The molecule has 35 heavy (non-hydrogen) atoms. The van der Waals surface area contributed by atoms with Crippen molar-refractivity contribution in [3.63, 3.8) is 0 Å². The van der Waals surface area contributed by atoms with Gasteiger partial charge in [-0.25, -0.2) is 14.0 Å². The van der Waals surface area contributed by atoms with Crippen LogP contribution in [0.3, 0.4) is 0 Å². The number of halogens is 1. The Labute approximate surface area is 201 Å². The molecule has 0 unspecified atom stereocenters. The van der Waals surface area contributed by atoms with Crippen molar-refractivity contribution < 1.29 is 33.0 Å². The zero-order valence-corrected chi connectivity index (χ0v) is 19.2. The van der Waals surface area contributed by atoms with Crippen LogP contribution in [0, 0.1) is 11.7 Å². The van der Waals surface area contributed by atoms with Crippen LogP contribution in [0.1, 0.15) is 48.5 Å². The number of amides is 4. The fourth-order valence-corrected chi connectivity index (χ4v) is 4.15. The number of carbonyl (C=O) groups is 4. The smallest absolute Gasteiger partial charge is 0.344 e. The highest BCUT2D eigenvalue weighted by molar-refractivity contribution is 6.08. The van der Waals surface area contributed by atoms with Crippen molar-refractivity contribution in [1.29, 1.82) is 0 Å². The molecule has 1 aliphatic heterocycles. The van der Waals surface area contributed by atoms with Crippen LogP contribution in [-0.4, -0.2) is 41.0 Å². The normalized spacial score (nSPS) is 21.5. The van der Waals surface area contributed by atoms with Gasteiger partial charge < -0.3 is 14.8 Å². The summed E-state index contributed by atoms with van der Waals surface area (Å²) in [6.07, 6.45) is 2.63. The highest BCUT2D eigenvalue weighted by atomic mass is 19.1. The Hall–Kier alpha value is -3.95. The molecule has 1 aliphatic carbocycles. The van der Waals surface area contributed by atoms with Crippen LogP contribution < -0.4 is 15.5 Å². The van der Waals surface area contributed by atoms with E-state index in [0.29, 0.717) is 29.5 Å². The number of ether oxygens (including phenoxy) is 2. The van der Waals surface area contributed by atoms with E-state index in [0.717, 1.165) is 18.4 Å². The summed E-state index contributed by atoms with van der Waals surface area (Å²) in [5, 5.41) is 3.36. The number of imide groups is 1. The van der Waals surface area contributed by atoms with E-state index in [1.165, 1.54) is 24.3 Å². The first-order chi connectivity index (χ1) is 16.8. The lowest BCUT2D eigenvalue weighted by Crippen LogP contribution is -2.52. The number of hydrazine groups is 1. The van der Waals surface area contributed by atoms with Crippen molar-refractivity contribution in [3.8, 4) is 5.75 Å². The van der Waals surface area contributed by atoms with Gasteiger partial charge in [-0.15, -0.1) is 0 Å². The number of hydrogen-bond donors (Lipinski definition) is 2. The number of esters is 1. The fraction of sp³-hybridized carbons (Fsp3) is 0.360. The SMILES string of the molecule is CC1CCC2(CC1)NC(=O)N(NC(=O)COC(=O)c1cccc(OCc3ccc(F)cc3)c1)C2=O. The first kappa shape index (κ1) is 24.2. The highest BCUT2D eigenvalue weighted by Crippen LogP contribution is 2.35. The Kier molecular flexibility index (Phi) is 6.99. The van der Waals surface area contributed by atoms with Crippen molar-refractivity contribution in [1.82, 2.24) is 15.8 Å². The molecule has 2 N–H and O–H groups in total. The molecule has 0 bridgehead atoms. The van der Waals surface area contributed by atoms with E-state index in [1.54, 1.807) is 24.3 Å². The molecule has 10 heteroatoms. The average molecular weight is 483 g/mol. The summed E-state index contributed by atoms with van der Waals surface area (Å²) in [7, 11) is 0. The largest absolute Gasteiger partial charge is 0.489 e. The maximum absolute atomic E-state index is 13.0. The summed E-state index contributed by atoms with van der Waals surface area (Å²) < 4.78 is 23.7. The number of carbonyl (C=O) groups excluding carboxylic acids is 4. The minimum Gasteiger partial charge on any atom is -0.489 e. The van der Waals surface area contributed by atoms with Gasteiger partial charge in [0.1, 0.15) is 23.7 Å². The molecular weight excluding hydrogens is 457 g/mol. The lowest BCUT2D eigenvalue weighted by atomic mass is 9.77. The molecule has 2 aromatic rings. The van der Waals surface area contributed by atoms with Crippen molar-refractivity contribution in [3.05, 3.63) is 65.5 Å². The minimum atomic E-state index is -0.984. The molecule has 0 atom stereocenters. The Balaban J connectivity index is 1.28. The third kappa shape index (κ3) is 5.59. The Bertz CT molecular complexity index is 1130. The number of rotatable bonds is 7. The minimum absolute atomic E-state index is 0.152. The van der Waals surface area contributed by atoms with E-state index in [-0.39, 0.29) is 18.0 Å². The molecule has 184 valence electrons. The molecule has 2 aliphatic rings. The van der Waals surface area contributed by atoms with Crippen LogP contribution in [0.25, 0.3) is 0 Å². The molecule has 2 aromatic carbocycles. The molecule has 4 amide bonds. The summed E-state index contributed by atoms with van der Waals surface area (Å²) in [4.78, 5) is 49.8. The molecule has 0 aromatic heterocycles. The number of nitrogens with zero attached hydrogens (tertiary/aromatic N) is 1. The van der Waals surface area contributed by atoms with Crippen LogP contribution in [0.15, 0.2) is 48.5 Å². The molecule has 1 saturated carbocycles. The molecule has 4 rings (SSSR count). The van der Waals surface area contributed by atoms with E-state index >= 15 is 0 Å². The summed E-state index contributed by atoms with van der Waals surface area (Å²) in [6, 6.07) is 11.3. The van der Waals surface area contributed by atoms with Crippen molar-refractivity contribution in [2.75, 3.05) is 6.61 Å². The quantitative estimate of drug-likeness (QED) is 0.462. The second-order valence-electron chi connectivity index (χ2n) is 8.89. The third-order valence-electron chi connectivity index (χ3n) is 6.25. The predicted octanol–water partition coefficient (Wildman–Crippen LogP) is 3.09. The van der Waals surface area contributed by atoms with Gasteiger partial charge in [-0.3, -0.25) is 15.0 Å². The average Bonchev–Trinajstić information content (AvgIpc) is 3.08. The number of nitrogens with one attached hydrogen (secondary N) is 2. The Morgan fingerprint density at radius 1 is 1.14 bits per heavy atom. The maximum Gasteiger partial charge on any atom is 0.344 e. The molecule has 1 saturated heterocycles. The first-order valence-corrected chi connectivity index (χ1v) is 11.4.